The lowest BCUT2D eigenvalue weighted by atomic mass is 10.0. The maximum atomic E-state index is 11.2. The smallest absolute Gasteiger partial charge is 0.337 e. The second-order valence-corrected chi connectivity index (χ2v) is 4.54. The van der Waals surface area contributed by atoms with Crippen LogP contribution in [0, 0.1) is 0 Å². The van der Waals surface area contributed by atoms with E-state index in [4.69, 9.17) is 0 Å². The highest BCUT2D eigenvalue weighted by molar-refractivity contribution is 7.17. The van der Waals surface area contributed by atoms with Gasteiger partial charge in [0.2, 0.25) is 0 Å². The number of carbonyl (C=O) groups excluding carboxylic acids is 1. The Morgan fingerprint density at radius 2 is 2.12 bits per heavy atom. The van der Waals surface area contributed by atoms with E-state index in [0.29, 0.717) is 5.56 Å². The maximum Gasteiger partial charge on any atom is 0.337 e. The SMILES string of the molecule is COC(=O)C(O)C(O)c1cccc2sccc12. The van der Waals surface area contributed by atoms with Crippen molar-refractivity contribution in [1.82, 2.24) is 0 Å². The van der Waals surface area contributed by atoms with E-state index in [1.807, 2.05) is 17.5 Å². The van der Waals surface area contributed by atoms with Gasteiger partial charge in [-0.05, 0) is 28.5 Å². The molecule has 0 aliphatic heterocycles. The van der Waals surface area contributed by atoms with Crippen molar-refractivity contribution in [2.45, 2.75) is 12.2 Å². The number of ether oxygens (including phenoxy) is 1. The summed E-state index contributed by atoms with van der Waals surface area (Å²) in [5.41, 5.74) is 0.529. The third-order valence-corrected chi connectivity index (χ3v) is 3.47. The quantitative estimate of drug-likeness (QED) is 0.812. The van der Waals surface area contributed by atoms with E-state index in [1.54, 1.807) is 12.1 Å². The molecule has 0 saturated heterocycles. The molecule has 2 atom stereocenters. The van der Waals surface area contributed by atoms with Crippen molar-refractivity contribution in [1.29, 1.82) is 0 Å². The molecular weight excluding hydrogens is 240 g/mol. The Labute approximate surface area is 102 Å². The fourth-order valence-electron chi connectivity index (χ4n) is 1.70. The zero-order chi connectivity index (χ0) is 12.4. The van der Waals surface area contributed by atoms with Crippen molar-refractivity contribution in [3.05, 3.63) is 35.2 Å². The van der Waals surface area contributed by atoms with Crippen molar-refractivity contribution in [2.75, 3.05) is 7.11 Å². The largest absolute Gasteiger partial charge is 0.467 e. The fraction of sp³-hybridized carbons (Fsp3) is 0.250. The van der Waals surface area contributed by atoms with Crippen LogP contribution in [0.25, 0.3) is 10.1 Å². The molecule has 17 heavy (non-hydrogen) atoms. The molecule has 0 spiro atoms. The lowest BCUT2D eigenvalue weighted by Crippen LogP contribution is -2.29. The van der Waals surface area contributed by atoms with Crippen molar-refractivity contribution in [3.8, 4) is 0 Å². The molecule has 5 heteroatoms. The van der Waals surface area contributed by atoms with Crippen LogP contribution in [-0.2, 0) is 9.53 Å². The average Bonchev–Trinajstić information content (AvgIpc) is 2.83. The molecule has 1 heterocycles. The number of esters is 1. The normalized spacial score (nSPS) is 14.5. The zero-order valence-electron chi connectivity index (χ0n) is 9.16. The summed E-state index contributed by atoms with van der Waals surface area (Å²) in [6.45, 7) is 0. The second-order valence-electron chi connectivity index (χ2n) is 3.59. The molecule has 2 aromatic rings. The highest BCUT2D eigenvalue weighted by atomic mass is 32.1. The lowest BCUT2D eigenvalue weighted by Gasteiger charge is -2.16. The van der Waals surface area contributed by atoms with Gasteiger partial charge in [0, 0.05) is 4.70 Å². The summed E-state index contributed by atoms with van der Waals surface area (Å²) >= 11 is 1.54. The number of methoxy groups -OCH3 is 1. The number of benzene rings is 1. The standard InChI is InChI=1S/C12H12O4S/c1-16-12(15)11(14)10(13)8-3-2-4-9-7(8)5-6-17-9/h2-6,10-11,13-14H,1H3. The van der Waals surface area contributed by atoms with Crippen LogP contribution in [0.5, 0.6) is 0 Å². The average molecular weight is 252 g/mol. The summed E-state index contributed by atoms with van der Waals surface area (Å²) in [5, 5.41) is 22.3. The van der Waals surface area contributed by atoms with Gasteiger partial charge in [-0.2, -0.15) is 0 Å². The van der Waals surface area contributed by atoms with Crippen LogP contribution in [0.1, 0.15) is 11.7 Å². The van der Waals surface area contributed by atoms with Crippen molar-refractivity contribution in [2.24, 2.45) is 0 Å². The van der Waals surface area contributed by atoms with E-state index in [-0.39, 0.29) is 0 Å². The Morgan fingerprint density at radius 3 is 2.82 bits per heavy atom. The summed E-state index contributed by atoms with van der Waals surface area (Å²) in [5.74, 6) is -0.843. The van der Waals surface area contributed by atoms with Gasteiger partial charge >= 0.3 is 5.97 Å². The second kappa shape index (κ2) is 4.83. The lowest BCUT2D eigenvalue weighted by molar-refractivity contribution is -0.156. The van der Waals surface area contributed by atoms with Crippen LogP contribution in [0.3, 0.4) is 0 Å². The van der Waals surface area contributed by atoms with Crippen molar-refractivity contribution < 1.29 is 19.7 Å². The van der Waals surface area contributed by atoms with E-state index in [2.05, 4.69) is 4.74 Å². The van der Waals surface area contributed by atoms with Gasteiger partial charge < -0.3 is 14.9 Å². The summed E-state index contributed by atoms with van der Waals surface area (Å²) in [4.78, 5) is 11.2. The molecule has 4 nitrogen and oxygen atoms in total. The van der Waals surface area contributed by atoms with Gasteiger partial charge in [0.1, 0.15) is 6.10 Å². The van der Waals surface area contributed by atoms with Crippen LogP contribution in [0.2, 0.25) is 0 Å². The molecule has 0 bridgehead atoms. The number of aliphatic hydroxyl groups is 2. The van der Waals surface area contributed by atoms with E-state index in [9.17, 15) is 15.0 Å². The first-order valence-corrected chi connectivity index (χ1v) is 5.93. The topological polar surface area (TPSA) is 66.8 Å². The van der Waals surface area contributed by atoms with E-state index in [0.717, 1.165) is 10.1 Å². The number of rotatable bonds is 3. The van der Waals surface area contributed by atoms with Crippen LogP contribution in [-0.4, -0.2) is 29.4 Å². The fourth-order valence-corrected chi connectivity index (χ4v) is 2.52. The van der Waals surface area contributed by atoms with Gasteiger partial charge in [0.15, 0.2) is 6.10 Å². The predicted molar refractivity (Wildman–Crippen MR) is 64.8 cm³/mol. The van der Waals surface area contributed by atoms with Crippen molar-refractivity contribution >= 4 is 27.4 Å². The first-order chi connectivity index (χ1) is 8.15. The van der Waals surface area contributed by atoms with Gasteiger partial charge in [-0.25, -0.2) is 4.79 Å². The first-order valence-electron chi connectivity index (χ1n) is 5.05. The Hall–Kier alpha value is -1.43. The molecule has 2 N–H and O–H groups in total. The van der Waals surface area contributed by atoms with Crippen molar-refractivity contribution in [3.63, 3.8) is 0 Å². The minimum absolute atomic E-state index is 0.529. The first kappa shape index (κ1) is 12.0. The van der Waals surface area contributed by atoms with Crippen LogP contribution in [0.4, 0.5) is 0 Å². The van der Waals surface area contributed by atoms with Crippen LogP contribution in [0.15, 0.2) is 29.6 Å². The molecule has 2 unspecified atom stereocenters. The van der Waals surface area contributed by atoms with Gasteiger partial charge in [0.05, 0.1) is 7.11 Å². The van der Waals surface area contributed by atoms with Crippen LogP contribution >= 0.6 is 11.3 Å². The number of aliphatic hydroxyl groups excluding tert-OH is 2. The summed E-state index contributed by atoms with van der Waals surface area (Å²) in [7, 11) is 1.17. The Kier molecular flexibility index (Phi) is 3.42. The third-order valence-electron chi connectivity index (χ3n) is 2.59. The minimum atomic E-state index is -1.56. The molecule has 0 radical (unpaired) electrons. The Morgan fingerprint density at radius 1 is 1.35 bits per heavy atom. The van der Waals surface area contributed by atoms with Crippen LogP contribution < -0.4 is 0 Å². The minimum Gasteiger partial charge on any atom is -0.467 e. The Bertz CT molecular complexity index is 534. The van der Waals surface area contributed by atoms with E-state index < -0.39 is 18.2 Å². The van der Waals surface area contributed by atoms with Gasteiger partial charge in [-0.15, -0.1) is 11.3 Å². The van der Waals surface area contributed by atoms with E-state index >= 15 is 0 Å². The summed E-state index contributed by atoms with van der Waals surface area (Å²) < 4.78 is 5.40. The predicted octanol–water partition coefficient (Wildman–Crippen LogP) is 1.47. The molecule has 0 saturated carbocycles. The monoisotopic (exact) mass is 252 g/mol. The van der Waals surface area contributed by atoms with Gasteiger partial charge in [-0.3, -0.25) is 0 Å². The molecular formula is C12H12O4S. The number of hydrogen-bond acceptors (Lipinski definition) is 5. The summed E-state index contributed by atoms with van der Waals surface area (Å²) in [6, 6.07) is 7.23. The highest BCUT2D eigenvalue weighted by Crippen LogP contribution is 2.29. The number of carbonyl (C=O) groups is 1. The third kappa shape index (κ3) is 2.17. The van der Waals surface area contributed by atoms with E-state index in [1.165, 1.54) is 18.4 Å². The number of thiophene rings is 1. The van der Waals surface area contributed by atoms with Gasteiger partial charge in [0.25, 0.3) is 0 Å². The molecule has 0 aliphatic rings. The maximum absolute atomic E-state index is 11.2. The molecule has 1 aromatic carbocycles. The molecule has 1 aromatic heterocycles. The van der Waals surface area contributed by atoms with Gasteiger partial charge in [-0.1, -0.05) is 12.1 Å². The molecule has 90 valence electrons. The molecule has 2 rings (SSSR count). The molecule has 0 amide bonds. The highest BCUT2D eigenvalue weighted by Gasteiger charge is 2.27. The number of hydrogen-bond donors (Lipinski definition) is 2. The molecule has 0 fully saturated rings. The molecule has 0 aliphatic carbocycles. The number of fused-ring (bicyclic) bond motifs is 1. The zero-order valence-corrected chi connectivity index (χ0v) is 9.98. The summed E-state index contributed by atoms with van der Waals surface area (Å²) in [6.07, 6.45) is -2.84. The Balaban J connectivity index is 2.39.